The zero-order valence-electron chi connectivity index (χ0n) is 10.3. The van der Waals surface area contributed by atoms with E-state index in [1.165, 1.54) is 0 Å². The number of thioether (sulfide) groups is 1. The highest BCUT2D eigenvalue weighted by Gasteiger charge is 2.31. The van der Waals surface area contributed by atoms with Gasteiger partial charge >= 0.3 is 6.03 Å². The van der Waals surface area contributed by atoms with E-state index in [4.69, 9.17) is 4.74 Å². The lowest BCUT2D eigenvalue weighted by Gasteiger charge is -2.24. The molecule has 0 saturated carbocycles. The van der Waals surface area contributed by atoms with Crippen molar-refractivity contribution in [2.24, 2.45) is 5.92 Å². The van der Waals surface area contributed by atoms with Crippen LogP contribution in [0.3, 0.4) is 0 Å². The molecule has 0 aromatic rings. The van der Waals surface area contributed by atoms with Crippen LogP contribution in [0.4, 0.5) is 4.79 Å². The van der Waals surface area contributed by atoms with Crippen LogP contribution in [-0.4, -0.2) is 43.3 Å². The summed E-state index contributed by atoms with van der Waals surface area (Å²) in [6, 6.07) is -0.0825. The van der Waals surface area contributed by atoms with E-state index in [2.05, 4.69) is 23.8 Å². The van der Waals surface area contributed by atoms with Gasteiger partial charge in [0.2, 0.25) is 0 Å². The number of ether oxygens (including phenoxy) is 1. The topological polar surface area (TPSA) is 50.4 Å². The molecule has 0 spiro atoms. The number of nitrogens with one attached hydrogen (secondary N) is 2. The Morgan fingerprint density at radius 1 is 1.62 bits per heavy atom. The van der Waals surface area contributed by atoms with Gasteiger partial charge in [-0.1, -0.05) is 6.92 Å². The molecule has 1 saturated heterocycles. The van der Waals surface area contributed by atoms with Crippen molar-refractivity contribution in [2.75, 3.05) is 31.8 Å². The first-order valence-electron chi connectivity index (χ1n) is 5.68. The quantitative estimate of drug-likeness (QED) is 0.772. The molecule has 0 unspecified atom stereocenters. The van der Waals surface area contributed by atoms with E-state index in [1.807, 2.05) is 6.92 Å². The van der Waals surface area contributed by atoms with Gasteiger partial charge in [0.25, 0.3) is 0 Å². The SMILES string of the molecule is CSC[C@@H](C)CNC(=O)N[C@]1(C)CCOC1. The largest absolute Gasteiger partial charge is 0.379 e. The zero-order chi connectivity index (χ0) is 12.0. The van der Waals surface area contributed by atoms with Crippen molar-refractivity contribution in [1.82, 2.24) is 10.6 Å². The van der Waals surface area contributed by atoms with Crippen LogP contribution in [0.2, 0.25) is 0 Å². The van der Waals surface area contributed by atoms with Crippen LogP contribution in [0.15, 0.2) is 0 Å². The molecule has 1 aliphatic heterocycles. The number of carbonyl (C=O) groups is 1. The summed E-state index contributed by atoms with van der Waals surface area (Å²) in [5.74, 6) is 1.58. The molecule has 0 aliphatic carbocycles. The molecule has 94 valence electrons. The molecule has 2 amide bonds. The second-order valence-electron chi connectivity index (χ2n) is 4.76. The molecular formula is C11H22N2O2S. The third-order valence-electron chi connectivity index (χ3n) is 2.70. The van der Waals surface area contributed by atoms with Crippen molar-refractivity contribution in [3.63, 3.8) is 0 Å². The van der Waals surface area contributed by atoms with E-state index < -0.39 is 0 Å². The van der Waals surface area contributed by atoms with Gasteiger partial charge in [-0.15, -0.1) is 0 Å². The Morgan fingerprint density at radius 2 is 2.38 bits per heavy atom. The van der Waals surface area contributed by atoms with E-state index in [1.54, 1.807) is 11.8 Å². The summed E-state index contributed by atoms with van der Waals surface area (Å²) in [5.41, 5.74) is -0.188. The smallest absolute Gasteiger partial charge is 0.315 e. The second-order valence-corrected chi connectivity index (χ2v) is 5.67. The Bertz CT molecular complexity index is 230. The highest BCUT2D eigenvalue weighted by molar-refractivity contribution is 7.98. The minimum atomic E-state index is -0.188. The molecule has 0 radical (unpaired) electrons. The Hall–Kier alpha value is -0.420. The molecule has 1 rings (SSSR count). The first kappa shape index (κ1) is 13.6. The van der Waals surface area contributed by atoms with Crippen molar-refractivity contribution in [3.8, 4) is 0 Å². The van der Waals surface area contributed by atoms with Gasteiger partial charge in [0.1, 0.15) is 0 Å². The molecule has 2 atom stereocenters. The number of hydrogen-bond acceptors (Lipinski definition) is 3. The van der Waals surface area contributed by atoms with E-state index in [-0.39, 0.29) is 11.6 Å². The average Bonchev–Trinajstić information content (AvgIpc) is 2.62. The summed E-state index contributed by atoms with van der Waals surface area (Å²) < 4.78 is 5.28. The normalized spacial score (nSPS) is 26.4. The molecular weight excluding hydrogens is 224 g/mol. The van der Waals surface area contributed by atoms with Crippen molar-refractivity contribution in [3.05, 3.63) is 0 Å². The third kappa shape index (κ3) is 4.61. The Labute approximate surface area is 102 Å². The summed E-state index contributed by atoms with van der Waals surface area (Å²) in [6.45, 7) is 6.23. The molecule has 4 nitrogen and oxygen atoms in total. The van der Waals surface area contributed by atoms with E-state index in [0.717, 1.165) is 25.3 Å². The number of hydrogen-bond donors (Lipinski definition) is 2. The molecule has 0 aromatic heterocycles. The van der Waals surface area contributed by atoms with Gasteiger partial charge < -0.3 is 15.4 Å². The van der Waals surface area contributed by atoms with Crippen LogP contribution in [-0.2, 0) is 4.74 Å². The summed E-state index contributed by atoms with van der Waals surface area (Å²) in [5, 5.41) is 5.87. The van der Waals surface area contributed by atoms with Gasteiger partial charge in [0.15, 0.2) is 0 Å². The van der Waals surface area contributed by atoms with Crippen LogP contribution < -0.4 is 10.6 Å². The molecule has 16 heavy (non-hydrogen) atoms. The van der Waals surface area contributed by atoms with Crippen molar-refractivity contribution >= 4 is 17.8 Å². The first-order chi connectivity index (χ1) is 7.56. The number of rotatable bonds is 5. The summed E-state index contributed by atoms with van der Waals surface area (Å²) in [4.78, 5) is 11.6. The minimum Gasteiger partial charge on any atom is -0.379 e. The third-order valence-corrected chi connectivity index (χ3v) is 3.60. The lowest BCUT2D eigenvalue weighted by molar-refractivity contribution is 0.170. The van der Waals surface area contributed by atoms with Crippen molar-refractivity contribution in [2.45, 2.75) is 25.8 Å². The Kier molecular flexibility index (Phi) is 5.41. The standard InChI is InChI=1S/C11H22N2O2S/c1-9(7-16-3)6-12-10(14)13-11(2)4-5-15-8-11/h9H,4-8H2,1-3H3,(H2,12,13,14)/t9-,11+/m0/s1. The molecule has 1 aliphatic rings. The molecule has 2 N–H and O–H groups in total. The van der Waals surface area contributed by atoms with Crippen LogP contribution in [0.1, 0.15) is 20.3 Å². The molecule has 0 aromatic carbocycles. The maximum Gasteiger partial charge on any atom is 0.315 e. The summed E-state index contributed by atoms with van der Waals surface area (Å²) >= 11 is 1.80. The zero-order valence-corrected chi connectivity index (χ0v) is 11.2. The van der Waals surface area contributed by atoms with Crippen LogP contribution in [0, 0.1) is 5.92 Å². The van der Waals surface area contributed by atoms with Gasteiger partial charge in [-0.05, 0) is 31.3 Å². The van der Waals surface area contributed by atoms with Crippen LogP contribution >= 0.6 is 11.8 Å². The van der Waals surface area contributed by atoms with Gasteiger partial charge in [-0.25, -0.2) is 4.79 Å². The van der Waals surface area contributed by atoms with Crippen molar-refractivity contribution < 1.29 is 9.53 Å². The lowest BCUT2D eigenvalue weighted by Crippen LogP contribution is -2.51. The van der Waals surface area contributed by atoms with Gasteiger partial charge in [-0.3, -0.25) is 0 Å². The average molecular weight is 246 g/mol. The fraction of sp³-hybridized carbons (Fsp3) is 0.909. The fourth-order valence-corrected chi connectivity index (χ4v) is 2.38. The van der Waals surface area contributed by atoms with Gasteiger partial charge in [0, 0.05) is 13.2 Å². The summed E-state index contributed by atoms with van der Waals surface area (Å²) in [6.07, 6.45) is 2.97. The Balaban J connectivity index is 2.20. The Morgan fingerprint density at radius 3 is 2.94 bits per heavy atom. The molecule has 5 heteroatoms. The van der Waals surface area contributed by atoms with E-state index in [9.17, 15) is 4.79 Å². The van der Waals surface area contributed by atoms with Crippen LogP contribution in [0.25, 0.3) is 0 Å². The minimum absolute atomic E-state index is 0.0825. The maximum absolute atomic E-state index is 11.6. The molecule has 1 heterocycles. The summed E-state index contributed by atoms with van der Waals surface area (Å²) in [7, 11) is 0. The van der Waals surface area contributed by atoms with E-state index in [0.29, 0.717) is 12.5 Å². The number of urea groups is 1. The van der Waals surface area contributed by atoms with Crippen molar-refractivity contribution in [1.29, 1.82) is 0 Å². The highest BCUT2D eigenvalue weighted by Crippen LogP contribution is 2.16. The van der Waals surface area contributed by atoms with Crippen LogP contribution in [0.5, 0.6) is 0 Å². The predicted molar refractivity (Wildman–Crippen MR) is 67.9 cm³/mol. The maximum atomic E-state index is 11.6. The van der Waals surface area contributed by atoms with E-state index >= 15 is 0 Å². The fourth-order valence-electron chi connectivity index (χ4n) is 1.69. The van der Waals surface area contributed by atoms with Gasteiger partial charge in [-0.2, -0.15) is 11.8 Å². The number of carbonyl (C=O) groups excluding carboxylic acids is 1. The predicted octanol–water partition coefficient (Wildman–Crippen LogP) is 1.46. The number of amides is 2. The monoisotopic (exact) mass is 246 g/mol. The molecule has 0 bridgehead atoms. The molecule has 1 fully saturated rings. The first-order valence-corrected chi connectivity index (χ1v) is 7.08. The lowest BCUT2D eigenvalue weighted by atomic mass is 10.0. The highest BCUT2D eigenvalue weighted by atomic mass is 32.2. The van der Waals surface area contributed by atoms with Gasteiger partial charge in [0.05, 0.1) is 12.1 Å². The second kappa shape index (κ2) is 6.35.